The third kappa shape index (κ3) is 2.90. The number of hydrogen-bond donors (Lipinski definition) is 0. The van der Waals surface area contributed by atoms with Crippen molar-refractivity contribution >= 4 is 16.9 Å². The number of rotatable bonds is 5. The van der Waals surface area contributed by atoms with Gasteiger partial charge in [-0.05, 0) is 80.5 Å². The molecule has 0 radical (unpaired) electrons. The van der Waals surface area contributed by atoms with Gasteiger partial charge in [0, 0.05) is 5.54 Å². The molecule has 1 aromatic carbocycles. The first kappa shape index (κ1) is 17.3. The average Bonchev–Trinajstić information content (AvgIpc) is 3.35. The quantitative estimate of drug-likeness (QED) is 0.639. The predicted octanol–water partition coefficient (Wildman–Crippen LogP) is 4.63. The summed E-state index contributed by atoms with van der Waals surface area (Å²) in [6.45, 7) is 0.910. The maximum absolute atomic E-state index is 13.7. The summed E-state index contributed by atoms with van der Waals surface area (Å²) in [6, 6.07) is 11.9. The predicted molar refractivity (Wildman–Crippen MR) is 110 cm³/mol. The Morgan fingerprint density at radius 3 is 2.48 bits per heavy atom. The summed E-state index contributed by atoms with van der Waals surface area (Å²) in [4.78, 5) is 20.4. The van der Waals surface area contributed by atoms with Crippen LogP contribution < -0.4 is 0 Å². The molecule has 4 saturated carbocycles. The van der Waals surface area contributed by atoms with E-state index in [-0.39, 0.29) is 11.4 Å². The minimum absolute atomic E-state index is 0.00894. The second kappa shape index (κ2) is 6.48. The summed E-state index contributed by atoms with van der Waals surface area (Å²) in [5, 5.41) is 0. The van der Waals surface area contributed by atoms with Crippen molar-refractivity contribution < 1.29 is 9.21 Å². The van der Waals surface area contributed by atoms with Gasteiger partial charge >= 0.3 is 0 Å². The Hall–Kier alpha value is -2.56. The molecule has 2 aromatic heterocycles. The van der Waals surface area contributed by atoms with Crippen molar-refractivity contribution in [3.8, 4) is 0 Å². The smallest absolute Gasteiger partial charge is 0.243 e. The Kier molecular flexibility index (Phi) is 3.87. The fourth-order valence-electron chi connectivity index (χ4n) is 6.84. The Morgan fingerprint density at radius 2 is 1.79 bits per heavy atom. The van der Waals surface area contributed by atoms with Crippen LogP contribution in [0.5, 0.6) is 0 Å². The average molecular weight is 389 g/mol. The summed E-state index contributed by atoms with van der Waals surface area (Å²) >= 11 is 0. The third-order valence-electron chi connectivity index (χ3n) is 7.61. The lowest BCUT2D eigenvalue weighted by molar-refractivity contribution is -0.153. The Morgan fingerprint density at radius 1 is 1.07 bits per heavy atom. The number of fused-ring (bicyclic) bond motifs is 1. The molecule has 5 nitrogen and oxygen atoms in total. The molecular weight excluding hydrogens is 362 g/mol. The van der Waals surface area contributed by atoms with Crippen molar-refractivity contribution in [2.75, 3.05) is 0 Å². The van der Waals surface area contributed by atoms with Gasteiger partial charge in [-0.15, -0.1) is 0 Å². The number of nitrogens with zero attached hydrogens (tertiary/aromatic N) is 3. The highest BCUT2D eigenvalue weighted by atomic mass is 16.3. The molecule has 2 heterocycles. The first-order valence-corrected chi connectivity index (χ1v) is 10.9. The number of hydrogen-bond acceptors (Lipinski definition) is 3. The van der Waals surface area contributed by atoms with Crippen LogP contribution in [0.4, 0.5) is 0 Å². The standard InChI is InChI=1S/C24H27N3O2/c28-23(15-26-16-25-21-5-1-2-6-22(21)26)27(14-20-4-3-7-29-20)24-11-17-8-18(12-24)10-19(9-17)13-24/h1-7,16-19H,8-15H2. The summed E-state index contributed by atoms with van der Waals surface area (Å²) in [6.07, 6.45) is 11.1. The van der Waals surface area contributed by atoms with E-state index >= 15 is 0 Å². The second-order valence-corrected chi connectivity index (χ2v) is 9.56. The van der Waals surface area contributed by atoms with Crippen LogP contribution >= 0.6 is 0 Å². The fraction of sp³-hybridized carbons (Fsp3) is 0.500. The third-order valence-corrected chi connectivity index (χ3v) is 7.61. The van der Waals surface area contributed by atoms with E-state index in [2.05, 4.69) is 9.88 Å². The topological polar surface area (TPSA) is 51.3 Å². The molecule has 0 atom stereocenters. The molecule has 3 aromatic rings. The molecule has 4 fully saturated rings. The molecule has 7 rings (SSSR count). The number of carbonyl (C=O) groups excluding carboxylic acids is 1. The van der Waals surface area contributed by atoms with E-state index in [4.69, 9.17) is 4.42 Å². The minimum atomic E-state index is 0.00894. The van der Waals surface area contributed by atoms with Crippen LogP contribution in [0.2, 0.25) is 0 Å². The lowest BCUT2D eigenvalue weighted by Crippen LogP contribution is -2.61. The highest BCUT2D eigenvalue weighted by molar-refractivity contribution is 5.81. The van der Waals surface area contributed by atoms with Gasteiger partial charge in [0.1, 0.15) is 12.3 Å². The van der Waals surface area contributed by atoms with Gasteiger partial charge in [-0.2, -0.15) is 0 Å². The van der Waals surface area contributed by atoms with E-state index < -0.39 is 0 Å². The molecular formula is C24H27N3O2. The first-order valence-electron chi connectivity index (χ1n) is 10.9. The maximum Gasteiger partial charge on any atom is 0.243 e. The molecule has 29 heavy (non-hydrogen) atoms. The lowest BCUT2D eigenvalue weighted by atomic mass is 9.52. The Labute approximate surface area is 170 Å². The lowest BCUT2D eigenvalue weighted by Gasteiger charge is -2.60. The number of amides is 1. The zero-order chi connectivity index (χ0) is 19.4. The monoisotopic (exact) mass is 389 g/mol. The summed E-state index contributed by atoms with van der Waals surface area (Å²) in [5.74, 6) is 3.45. The molecule has 1 amide bonds. The molecule has 0 N–H and O–H groups in total. The minimum Gasteiger partial charge on any atom is -0.467 e. The van der Waals surface area contributed by atoms with Gasteiger partial charge in [0.15, 0.2) is 0 Å². The molecule has 4 aliphatic rings. The van der Waals surface area contributed by atoms with E-state index in [0.717, 1.165) is 53.8 Å². The van der Waals surface area contributed by atoms with Crippen molar-refractivity contribution in [1.82, 2.24) is 14.5 Å². The van der Waals surface area contributed by atoms with Crippen LogP contribution in [0.1, 0.15) is 44.3 Å². The van der Waals surface area contributed by atoms with E-state index in [1.165, 1.54) is 19.3 Å². The molecule has 0 saturated heterocycles. The number of imidazole rings is 1. The second-order valence-electron chi connectivity index (χ2n) is 9.56. The number of furan rings is 1. The van der Waals surface area contributed by atoms with E-state index in [1.807, 2.05) is 41.0 Å². The van der Waals surface area contributed by atoms with Crippen LogP contribution in [-0.4, -0.2) is 25.9 Å². The zero-order valence-corrected chi connectivity index (χ0v) is 16.7. The van der Waals surface area contributed by atoms with Crippen molar-refractivity contribution in [1.29, 1.82) is 0 Å². The molecule has 0 spiro atoms. The largest absolute Gasteiger partial charge is 0.467 e. The first-order chi connectivity index (χ1) is 14.2. The van der Waals surface area contributed by atoms with Gasteiger partial charge in [-0.3, -0.25) is 4.79 Å². The number of carbonyl (C=O) groups is 1. The van der Waals surface area contributed by atoms with E-state index in [9.17, 15) is 4.79 Å². The SMILES string of the molecule is O=C(Cn1cnc2ccccc21)N(Cc1ccco1)C12CC3CC(CC(C3)C1)C2. The van der Waals surface area contributed by atoms with Crippen molar-refractivity contribution in [2.24, 2.45) is 17.8 Å². The number of para-hydroxylation sites is 2. The fourth-order valence-corrected chi connectivity index (χ4v) is 6.84. The molecule has 5 heteroatoms. The highest BCUT2D eigenvalue weighted by Gasteiger charge is 2.54. The highest BCUT2D eigenvalue weighted by Crippen LogP contribution is 2.58. The molecule has 0 unspecified atom stereocenters. The van der Waals surface area contributed by atoms with Crippen molar-refractivity contribution in [3.05, 3.63) is 54.7 Å². The Balaban J connectivity index is 1.34. The van der Waals surface area contributed by atoms with E-state index in [1.54, 1.807) is 12.6 Å². The van der Waals surface area contributed by atoms with Gasteiger partial charge in [0.05, 0.1) is 30.2 Å². The van der Waals surface area contributed by atoms with Gasteiger partial charge in [-0.25, -0.2) is 4.98 Å². The van der Waals surface area contributed by atoms with Crippen LogP contribution in [0.3, 0.4) is 0 Å². The van der Waals surface area contributed by atoms with Gasteiger partial charge in [-0.1, -0.05) is 12.1 Å². The summed E-state index contributed by atoms with van der Waals surface area (Å²) in [7, 11) is 0. The summed E-state index contributed by atoms with van der Waals surface area (Å²) in [5.41, 5.74) is 1.96. The van der Waals surface area contributed by atoms with Crippen molar-refractivity contribution in [2.45, 2.75) is 57.2 Å². The normalized spacial score (nSPS) is 30.1. The van der Waals surface area contributed by atoms with Crippen LogP contribution in [0, 0.1) is 17.8 Å². The maximum atomic E-state index is 13.7. The molecule has 4 bridgehead atoms. The Bertz CT molecular complexity index is 1000. The van der Waals surface area contributed by atoms with Gasteiger partial charge < -0.3 is 13.9 Å². The molecule has 150 valence electrons. The molecule has 4 aliphatic carbocycles. The van der Waals surface area contributed by atoms with Crippen LogP contribution in [0.25, 0.3) is 11.0 Å². The zero-order valence-electron chi connectivity index (χ0n) is 16.7. The van der Waals surface area contributed by atoms with Crippen molar-refractivity contribution in [3.63, 3.8) is 0 Å². The number of benzene rings is 1. The van der Waals surface area contributed by atoms with Gasteiger partial charge in [0.2, 0.25) is 5.91 Å². The molecule has 0 aliphatic heterocycles. The van der Waals surface area contributed by atoms with E-state index in [0.29, 0.717) is 13.1 Å². The summed E-state index contributed by atoms with van der Waals surface area (Å²) < 4.78 is 7.66. The number of aromatic nitrogens is 2. The van der Waals surface area contributed by atoms with Gasteiger partial charge in [0.25, 0.3) is 0 Å². The van der Waals surface area contributed by atoms with Crippen LogP contribution in [0.15, 0.2) is 53.4 Å². The van der Waals surface area contributed by atoms with Crippen LogP contribution in [-0.2, 0) is 17.9 Å².